The van der Waals surface area contributed by atoms with Gasteiger partial charge in [0.1, 0.15) is 0 Å². The average molecular weight is 455 g/mol. The highest BCUT2D eigenvalue weighted by atomic mass is 32.1. The Balaban J connectivity index is 1.42. The molecule has 1 aliphatic rings. The molecule has 4 rings (SSSR count). The van der Waals surface area contributed by atoms with Gasteiger partial charge in [0.2, 0.25) is 0 Å². The van der Waals surface area contributed by atoms with Crippen molar-refractivity contribution in [2.24, 2.45) is 0 Å². The predicted octanol–water partition coefficient (Wildman–Crippen LogP) is 3.88. The Bertz CT molecular complexity index is 1160. The van der Waals surface area contributed by atoms with E-state index in [2.05, 4.69) is 5.32 Å². The summed E-state index contributed by atoms with van der Waals surface area (Å²) in [5.41, 5.74) is 0.833. The monoisotopic (exact) mass is 455 g/mol. The summed E-state index contributed by atoms with van der Waals surface area (Å²) in [7, 11) is 0. The minimum atomic E-state index is -1.08. The van der Waals surface area contributed by atoms with Crippen LogP contribution in [0.5, 0.6) is 0 Å². The maximum Gasteiger partial charge on any atom is 0.265 e. The summed E-state index contributed by atoms with van der Waals surface area (Å²) >= 11 is 1.31. The number of carbonyl (C=O) groups excluding carboxylic acids is 3. The van der Waals surface area contributed by atoms with Gasteiger partial charge in [-0.3, -0.25) is 14.4 Å². The molecule has 0 aliphatic carbocycles. The fourth-order valence-corrected chi connectivity index (χ4v) is 4.08. The number of piperazine rings is 1. The second kappa shape index (κ2) is 9.27. The first-order valence-electron chi connectivity index (χ1n) is 9.91. The highest BCUT2D eigenvalue weighted by Gasteiger charge is 2.27. The van der Waals surface area contributed by atoms with Crippen LogP contribution in [0.4, 0.5) is 14.5 Å². The van der Waals surface area contributed by atoms with Gasteiger partial charge in [-0.25, -0.2) is 8.78 Å². The van der Waals surface area contributed by atoms with Crippen molar-refractivity contribution in [2.45, 2.75) is 0 Å². The molecule has 0 bridgehead atoms. The lowest BCUT2D eigenvalue weighted by Crippen LogP contribution is -2.50. The third-order valence-corrected chi connectivity index (χ3v) is 6.04. The van der Waals surface area contributed by atoms with Gasteiger partial charge in [0, 0.05) is 31.7 Å². The number of para-hydroxylation sites is 1. The number of thiophene rings is 1. The van der Waals surface area contributed by atoms with Crippen LogP contribution in [-0.2, 0) is 0 Å². The van der Waals surface area contributed by atoms with Crippen molar-refractivity contribution in [2.75, 3.05) is 31.5 Å². The van der Waals surface area contributed by atoms with Crippen molar-refractivity contribution in [3.05, 3.63) is 87.6 Å². The van der Waals surface area contributed by atoms with Crippen molar-refractivity contribution >= 4 is 34.7 Å². The topological polar surface area (TPSA) is 69.7 Å². The van der Waals surface area contributed by atoms with E-state index in [1.54, 1.807) is 46.7 Å². The molecule has 1 N–H and O–H groups in total. The van der Waals surface area contributed by atoms with Gasteiger partial charge in [-0.2, -0.15) is 0 Å². The summed E-state index contributed by atoms with van der Waals surface area (Å²) < 4.78 is 26.6. The third-order valence-electron chi connectivity index (χ3n) is 5.17. The quantitative estimate of drug-likeness (QED) is 0.649. The summed E-state index contributed by atoms with van der Waals surface area (Å²) in [6, 6.07) is 13.3. The van der Waals surface area contributed by atoms with Crippen LogP contribution in [0.3, 0.4) is 0 Å². The van der Waals surface area contributed by atoms with Gasteiger partial charge in [0.05, 0.1) is 16.1 Å². The fourth-order valence-electron chi connectivity index (χ4n) is 3.46. The van der Waals surface area contributed by atoms with Gasteiger partial charge in [0.25, 0.3) is 17.7 Å². The van der Waals surface area contributed by atoms with Crippen molar-refractivity contribution in [1.29, 1.82) is 0 Å². The molecule has 2 aromatic carbocycles. The summed E-state index contributed by atoms with van der Waals surface area (Å²) in [5, 5.41) is 4.58. The molecule has 6 nitrogen and oxygen atoms in total. The Hall–Kier alpha value is -3.59. The maximum atomic E-state index is 13.5. The minimum Gasteiger partial charge on any atom is -0.335 e. The molecule has 164 valence electrons. The van der Waals surface area contributed by atoms with E-state index in [0.717, 1.165) is 12.1 Å². The van der Waals surface area contributed by atoms with E-state index in [9.17, 15) is 23.2 Å². The lowest BCUT2D eigenvalue weighted by molar-refractivity contribution is 0.0535. The second-order valence-electron chi connectivity index (χ2n) is 7.19. The minimum absolute atomic E-state index is 0.0605. The van der Waals surface area contributed by atoms with Gasteiger partial charge in [-0.15, -0.1) is 11.3 Å². The van der Waals surface area contributed by atoms with Crippen molar-refractivity contribution in [3.63, 3.8) is 0 Å². The Kier molecular flexibility index (Phi) is 6.27. The molecule has 0 unspecified atom stereocenters. The Morgan fingerprint density at radius 3 is 2.16 bits per heavy atom. The maximum absolute atomic E-state index is 13.5. The number of amides is 3. The van der Waals surface area contributed by atoms with E-state index >= 15 is 0 Å². The first-order chi connectivity index (χ1) is 15.4. The zero-order valence-electron chi connectivity index (χ0n) is 16.9. The number of halogens is 2. The Morgan fingerprint density at radius 1 is 0.812 bits per heavy atom. The molecule has 2 heterocycles. The van der Waals surface area contributed by atoms with Crippen LogP contribution in [0, 0.1) is 11.6 Å². The van der Waals surface area contributed by atoms with Crippen LogP contribution in [0.25, 0.3) is 0 Å². The van der Waals surface area contributed by atoms with Gasteiger partial charge in [-0.05, 0) is 41.8 Å². The number of anilines is 1. The summed E-state index contributed by atoms with van der Waals surface area (Å²) in [6.07, 6.45) is 0. The van der Waals surface area contributed by atoms with Gasteiger partial charge in [0.15, 0.2) is 11.6 Å². The summed E-state index contributed by atoms with van der Waals surface area (Å²) in [5.74, 6) is -3.05. The normalized spacial score (nSPS) is 13.7. The molecule has 32 heavy (non-hydrogen) atoms. The predicted molar refractivity (Wildman–Crippen MR) is 117 cm³/mol. The molecule has 1 saturated heterocycles. The number of hydrogen-bond acceptors (Lipinski definition) is 4. The third kappa shape index (κ3) is 4.52. The first kappa shape index (κ1) is 21.6. The molecule has 0 saturated carbocycles. The van der Waals surface area contributed by atoms with Crippen LogP contribution < -0.4 is 5.32 Å². The largest absolute Gasteiger partial charge is 0.335 e. The van der Waals surface area contributed by atoms with Crippen molar-refractivity contribution in [1.82, 2.24) is 9.80 Å². The number of nitrogens with zero attached hydrogens (tertiary/aromatic N) is 2. The van der Waals surface area contributed by atoms with Crippen LogP contribution in [0.1, 0.15) is 30.4 Å². The average Bonchev–Trinajstić information content (AvgIpc) is 3.36. The highest BCUT2D eigenvalue weighted by Crippen LogP contribution is 2.21. The SMILES string of the molecule is O=C(Nc1ccccc1C(=O)N1CCN(C(=O)c2ccc(F)c(F)c2)CC1)c1cccs1. The van der Waals surface area contributed by atoms with E-state index in [0.29, 0.717) is 16.1 Å². The lowest BCUT2D eigenvalue weighted by Gasteiger charge is -2.35. The molecule has 3 aromatic rings. The molecular weight excluding hydrogens is 436 g/mol. The Labute approximate surface area is 187 Å². The van der Waals surface area contributed by atoms with Crippen LogP contribution in [0.2, 0.25) is 0 Å². The molecule has 0 radical (unpaired) electrons. The molecule has 1 aromatic heterocycles. The van der Waals surface area contributed by atoms with Crippen LogP contribution in [-0.4, -0.2) is 53.7 Å². The second-order valence-corrected chi connectivity index (χ2v) is 8.14. The number of nitrogens with one attached hydrogen (secondary N) is 1. The molecule has 9 heteroatoms. The zero-order chi connectivity index (χ0) is 22.7. The van der Waals surface area contributed by atoms with E-state index in [-0.39, 0.29) is 43.6 Å². The molecular formula is C23H19F2N3O3S. The highest BCUT2D eigenvalue weighted by molar-refractivity contribution is 7.12. The van der Waals surface area contributed by atoms with Gasteiger partial charge in [-0.1, -0.05) is 18.2 Å². The number of carbonyl (C=O) groups is 3. The van der Waals surface area contributed by atoms with E-state index < -0.39 is 17.5 Å². The van der Waals surface area contributed by atoms with Gasteiger partial charge >= 0.3 is 0 Å². The molecule has 1 fully saturated rings. The number of benzene rings is 2. The van der Waals surface area contributed by atoms with Crippen molar-refractivity contribution < 1.29 is 23.2 Å². The number of hydrogen-bond donors (Lipinski definition) is 1. The standard InChI is InChI=1S/C23H19F2N3O3S/c24-17-8-7-15(14-18(17)25)22(30)27-9-11-28(12-10-27)23(31)16-4-1-2-5-19(16)26-21(29)20-6-3-13-32-20/h1-8,13-14H,9-12H2,(H,26,29). The Morgan fingerprint density at radius 2 is 1.50 bits per heavy atom. The smallest absolute Gasteiger partial charge is 0.265 e. The van der Waals surface area contributed by atoms with E-state index in [4.69, 9.17) is 0 Å². The molecule has 0 spiro atoms. The summed E-state index contributed by atoms with van der Waals surface area (Å²) in [4.78, 5) is 41.7. The molecule has 3 amide bonds. The van der Waals surface area contributed by atoms with E-state index in [1.165, 1.54) is 22.3 Å². The zero-order valence-corrected chi connectivity index (χ0v) is 17.7. The van der Waals surface area contributed by atoms with Crippen LogP contribution in [0.15, 0.2) is 60.0 Å². The first-order valence-corrected chi connectivity index (χ1v) is 10.8. The van der Waals surface area contributed by atoms with Crippen molar-refractivity contribution in [3.8, 4) is 0 Å². The fraction of sp³-hybridized carbons (Fsp3) is 0.174. The van der Waals surface area contributed by atoms with E-state index in [1.807, 2.05) is 0 Å². The lowest BCUT2D eigenvalue weighted by atomic mass is 10.1. The van der Waals surface area contributed by atoms with Gasteiger partial charge < -0.3 is 15.1 Å². The summed E-state index contributed by atoms with van der Waals surface area (Å²) in [6.45, 7) is 1.07. The number of rotatable bonds is 4. The van der Waals surface area contributed by atoms with Crippen LogP contribution >= 0.6 is 11.3 Å². The molecule has 0 atom stereocenters. The molecule has 1 aliphatic heterocycles.